The van der Waals surface area contributed by atoms with E-state index >= 15 is 0 Å². The summed E-state index contributed by atoms with van der Waals surface area (Å²) in [7, 11) is 1.24. The number of carbonyl (C=O) groups excluding carboxylic acids is 5. The lowest BCUT2D eigenvalue weighted by atomic mass is 10.1. The molecule has 0 aromatic carbocycles. The molecule has 0 rings (SSSR count). The van der Waals surface area contributed by atoms with E-state index < -0.39 is 41.3 Å². The predicted molar refractivity (Wildman–Crippen MR) is 184 cm³/mol. The van der Waals surface area contributed by atoms with Crippen LogP contribution in [0, 0.1) is 0 Å². The van der Waals surface area contributed by atoms with Crippen LogP contribution in [0.5, 0.6) is 0 Å². The third-order valence-corrected chi connectivity index (χ3v) is 5.85. The highest BCUT2D eigenvalue weighted by Gasteiger charge is 2.21. The standard InChI is InChI=1S/C33H62N4O14/c1-32(2,3)50-30(41)35-12-14-44-16-18-46-20-22-48-24-27(38)34-11-9-8-10-26(29(40)43-7)37-28(39)25-49-23-21-47-19-17-45-15-13-36-31(42)51-33(4,5)6/h26H,8-25H2,1-7H3,(H,34,38)(H,35,41)(H,36,42)(H,37,39). The predicted octanol–water partition coefficient (Wildman–Crippen LogP) is 1.08. The van der Waals surface area contributed by atoms with Crippen LogP contribution in [0.4, 0.5) is 9.59 Å². The van der Waals surface area contributed by atoms with Crippen LogP contribution in [0.2, 0.25) is 0 Å². The molecule has 0 fully saturated rings. The summed E-state index contributed by atoms with van der Waals surface area (Å²) in [6, 6.07) is -0.845. The van der Waals surface area contributed by atoms with E-state index in [0.717, 1.165) is 0 Å². The second-order valence-electron chi connectivity index (χ2n) is 12.9. The second kappa shape index (κ2) is 29.3. The van der Waals surface area contributed by atoms with Crippen LogP contribution in [-0.4, -0.2) is 153 Å². The molecule has 0 aliphatic carbocycles. The van der Waals surface area contributed by atoms with Crippen LogP contribution >= 0.6 is 0 Å². The molecule has 0 aliphatic heterocycles. The molecule has 298 valence electrons. The molecule has 0 aliphatic rings. The van der Waals surface area contributed by atoms with Crippen LogP contribution in [0.1, 0.15) is 60.8 Å². The summed E-state index contributed by atoms with van der Waals surface area (Å²) in [5.41, 5.74) is -1.11. The quantitative estimate of drug-likeness (QED) is 0.0480. The molecule has 0 saturated heterocycles. The SMILES string of the molecule is COC(=O)C(CCCCNC(=O)COCCOCCOCCNC(=O)OC(C)(C)C)NC(=O)COCCOCCOCCNC(=O)OC(C)(C)C. The Bertz CT molecular complexity index is 972. The molecule has 18 heteroatoms. The first kappa shape index (κ1) is 47.7. The van der Waals surface area contributed by atoms with Crippen molar-refractivity contribution in [2.24, 2.45) is 0 Å². The van der Waals surface area contributed by atoms with Crippen molar-refractivity contribution in [3.63, 3.8) is 0 Å². The van der Waals surface area contributed by atoms with Crippen molar-refractivity contribution in [2.75, 3.05) is 106 Å². The van der Waals surface area contributed by atoms with Crippen molar-refractivity contribution in [3.8, 4) is 0 Å². The van der Waals surface area contributed by atoms with E-state index in [1.54, 1.807) is 41.5 Å². The molecule has 4 amide bonds. The highest BCUT2D eigenvalue weighted by Crippen LogP contribution is 2.07. The molecular formula is C33H62N4O14. The van der Waals surface area contributed by atoms with Crippen LogP contribution in [0.3, 0.4) is 0 Å². The van der Waals surface area contributed by atoms with Crippen LogP contribution in [0.25, 0.3) is 0 Å². The zero-order valence-electron chi connectivity index (χ0n) is 31.5. The molecule has 0 spiro atoms. The number of alkyl carbamates (subject to hydrolysis) is 2. The minimum absolute atomic E-state index is 0.120. The van der Waals surface area contributed by atoms with Gasteiger partial charge in [-0.1, -0.05) is 0 Å². The van der Waals surface area contributed by atoms with Gasteiger partial charge >= 0.3 is 18.2 Å². The summed E-state index contributed by atoms with van der Waals surface area (Å²) in [5, 5.41) is 10.5. The van der Waals surface area contributed by atoms with Gasteiger partial charge in [-0.2, -0.15) is 0 Å². The molecule has 0 saturated carbocycles. The van der Waals surface area contributed by atoms with Gasteiger partial charge in [0.1, 0.15) is 30.5 Å². The first-order chi connectivity index (χ1) is 24.1. The third kappa shape index (κ3) is 33.6. The maximum Gasteiger partial charge on any atom is 0.407 e. The van der Waals surface area contributed by atoms with Crippen LogP contribution < -0.4 is 21.3 Å². The fourth-order valence-electron chi connectivity index (χ4n) is 3.67. The van der Waals surface area contributed by atoms with Crippen molar-refractivity contribution < 1.29 is 66.6 Å². The lowest BCUT2D eigenvalue weighted by Crippen LogP contribution is -2.43. The summed E-state index contributed by atoms with van der Waals surface area (Å²) in [6.45, 7) is 14.2. The summed E-state index contributed by atoms with van der Waals surface area (Å²) in [4.78, 5) is 59.4. The van der Waals surface area contributed by atoms with Crippen molar-refractivity contribution >= 4 is 30.0 Å². The Kier molecular flexibility index (Phi) is 27.4. The highest BCUT2D eigenvalue weighted by molar-refractivity contribution is 5.85. The Morgan fingerprint density at radius 3 is 1.35 bits per heavy atom. The van der Waals surface area contributed by atoms with E-state index in [2.05, 4.69) is 21.3 Å². The highest BCUT2D eigenvalue weighted by atomic mass is 16.6. The van der Waals surface area contributed by atoms with Gasteiger partial charge in [0, 0.05) is 19.6 Å². The number of unbranched alkanes of at least 4 members (excludes halogenated alkanes) is 1. The third-order valence-electron chi connectivity index (χ3n) is 5.85. The van der Waals surface area contributed by atoms with E-state index in [9.17, 15) is 24.0 Å². The fraction of sp³-hybridized carbons (Fsp3) is 0.848. The van der Waals surface area contributed by atoms with E-state index in [4.69, 9.17) is 42.6 Å². The summed E-state index contributed by atoms with van der Waals surface area (Å²) in [6.07, 6.45) is 0.436. The number of hydrogen-bond donors (Lipinski definition) is 4. The molecule has 18 nitrogen and oxygen atoms in total. The Balaban J connectivity index is 3.78. The smallest absolute Gasteiger partial charge is 0.407 e. The summed E-state index contributed by atoms with van der Waals surface area (Å²) in [5.74, 6) is -1.33. The summed E-state index contributed by atoms with van der Waals surface area (Å²) < 4.78 is 47.1. The maximum absolute atomic E-state index is 12.3. The van der Waals surface area contributed by atoms with E-state index in [-0.39, 0.29) is 38.9 Å². The number of nitrogens with one attached hydrogen (secondary N) is 4. The van der Waals surface area contributed by atoms with Crippen molar-refractivity contribution in [1.82, 2.24) is 21.3 Å². The largest absolute Gasteiger partial charge is 0.467 e. The Hall–Kier alpha value is -3.29. The number of rotatable bonds is 29. The lowest BCUT2D eigenvalue weighted by molar-refractivity contribution is -0.146. The molecule has 0 aromatic heterocycles. The maximum atomic E-state index is 12.3. The van der Waals surface area contributed by atoms with E-state index in [0.29, 0.717) is 85.1 Å². The van der Waals surface area contributed by atoms with Crippen LogP contribution in [-0.2, 0) is 57.0 Å². The zero-order chi connectivity index (χ0) is 38.4. The average molecular weight is 739 g/mol. The lowest BCUT2D eigenvalue weighted by Gasteiger charge is -2.19. The van der Waals surface area contributed by atoms with E-state index in [1.807, 2.05) is 0 Å². The number of methoxy groups -OCH3 is 1. The molecule has 1 unspecified atom stereocenters. The molecule has 0 aromatic rings. The molecular weight excluding hydrogens is 676 g/mol. The van der Waals surface area contributed by atoms with Gasteiger partial charge in [0.25, 0.3) is 0 Å². The molecule has 0 radical (unpaired) electrons. The number of hydrogen-bond acceptors (Lipinski definition) is 14. The van der Waals surface area contributed by atoms with Crippen molar-refractivity contribution in [1.29, 1.82) is 0 Å². The van der Waals surface area contributed by atoms with Gasteiger partial charge in [0.2, 0.25) is 11.8 Å². The molecule has 51 heavy (non-hydrogen) atoms. The number of carbonyl (C=O) groups is 5. The van der Waals surface area contributed by atoms with Gasteiger partial charge in [0.15, 0.2) is 0 Å². The second-order valence-corrected chi connectivity index (χ2v) is 12.9. The van der Waals surface area contributed by atoms with E-state index in [1.165, 1.54) is 7.11 Å². The van der Waals surface area contributed by atoms with Gasteiger partial charge in [-0.25, -0.2) is 14.4 Å². The van der Waals surface area contributed by atoms with Gasteiger partial charge in [0.05, 0.1) is 73.2 Å². The first-order valence-corrected chi connectivity index (χ1v) is 17.2. The monoisotopic (exact) mass is 738 g/mol. The molecule has 0 bridgehead atoms. The van der Waals surface area contributed by atoms with Gasteiger partial charge < -0.3 is 63.9 Å². The molecule has 1 atom stereocenters. The minimum Gasteiger partial charge on any atom is -0.467 e. The summed E-state index contributed by atoms with van der Waals surface area (Å²) >= 11 is 0. The van der Waals surface area contributed by atoms with Gasteiger partial charge in [-0.05, 0) is 60.8 Å². The Morgan fingerprint density at radius 1 is 0.510 bits per heavy atom. The van der Waals surface area contributed by atoms with Crippen LogP contribution in [0.15, 0.2) is 0 Å². The zero-order valence-corrected chi connectivity index (χ0v) is 31.5. The normalized spacial score (nSPS) is 12.1. The molecule has 4 N–H and O–H groups in total. The van der Waals surface area contributed by atoms with Crippen molar-refractivity contribution in [2.45, 2.75) is 78.0 Å². The first-order valence-electron chi connectivity index (χ1n) is 17.2. The Morgan fingerprint density at radius 2 is 0.922 bits per heavy atom. The van der Waals surface area contributed by atoms with Gasteiger partial charge in [-0.3, -0.25) is 9.59 Å². The number of amides is 4. The number of ether oxygens (including phenoxy) is 9. The average Bonchev–Trinajstić information content (AvgIpc) is 3.03. The minimum atomic E-state index is -0.845. The fourth-order valence-corrected chi connectivity index (χ4v) is 3.67. The number of esters is 1. The van der Waals surface area contributed by atoms with Gasteiger partial charge in [-0.15, -0.1) is 0 Å². The molecule has 0 heterocycles. The topological polar surface area (TPSA) is 217 Å². The Labute approximate surface area is 301 Å². The van der Waals surface area contributed by atoms with Crippen molar-refractivity contribution in [3.05, 3.63) is 0 Å².